The number of fused-ring (bicyclic) bond motifs is 3. The number of carbonyl (C=O) groups is 2. The van der Waals surface area contributed by atoms with Crippen molar-refractivity contribution < 1.29 is 32.0 Å². The van der Waals surface area contributed by atoms with E-state index in [2.05, 4.69) is 5.32 Å². The zero-order valence-electron chi connectivity index (χ0n) is 19.7. The number of ether oxygens (including phenoxy) is 2. The first-order valence-electron chi connectivity index (χ1n) is 11.1. The molecule has 0 radical (unpaired) electrons. The third-order valence-electron chi connectivity index (χ3n) is 6.60. The number of benzene rings is 3. The average molecular weight is 482 g/mol. The lowest BCUT2D eigenvalue weighted by molar-refractivity contribution is 0.0599. The third kappa shape index (κ3) is 4.26. The topological polar surface area (TPSA) is 64.6 Å². The second kappa shape index (κ2) is 9.13. The molecule has 1 amide bonds. The van der Waals surface area contributed by atoms with Gasteiger partial charge < -0.3 is 22.4 Å². The van der Waals surface area contributed by atoms with E-state index in [1.807, 2.05) is 48.5 Å². The van der Waals surface area contributed by atoms with Gasteiger partial charge in [0, 0.05) is 11.6 Å². The van der Waals surface area contributed by atoms with Crippen LogP contribution in [0, 0.1) is 20.8 Å². The van der Waals surface area contributed by atoms with Gasteiger partial charge in [-0.05, 0) is 48.6 Å². The second-order valence-electron chi connectivity index (χ2n) is 8.56. The maximum absolute atomic E-state index is 13.9. The molecule has 0 aromatic heterocycles. The van der Waals surface area contributed by atoms with E-state index >= 15 is 0 Å². The Balaban J connectivity index is 1.63. The van der Waals surface area contributed by atoms with E-state index in [4.69, 9.17) is 9.47 Å². The molecule has 0 saturated carbocycles. The van der Waals surface area contributed by atoms with Gasteiger partial charge in [-0.3, -0.25) is 5.32 Å². The van der Waals surface area contributed by atoms with E-state index in [1.165, 1.54) is 20.8 Å². The quantitative estimate of drug-likeness (QED) is 0.368. The molecule has 0 unspecified atom stereocenters. The number of methoxy groups -OCH3 is 1. The maximum atomic E-state index is 13.9. The molecule has 1 aliphatic carbocycles. The van der Waals surface area contributed by atoms with Gasteiger partial charge in [-0.2, -0.15) is 0 Å². The zero-order valence-corrected chi connectivity index (χ0v) is 19.7. The molecule has 0 spiro atoms. The Hall–Kier alpha value is -3.75. The maximum Gasteiger partial charge on any atom is 0.510 e. The highest BCUT2D eigenvalue weighted by Crippen LogP contribution is 2.44. The van der Waals surface area contributed by atoms with Crippen LogP contribution in [0.1, 0.15) is 44.1 Å². The first kappa shape index (κ1) is 24.4. The molecule has 3 aromatic rings. The van der Waals surface area contributed by atoms with E-state index in [1.54, 1.807) is 0 Å². The Kier molecular flexibility index (Phi) is 6.36. The average Bonchev–Trinajstić information content (AvgIpc) is 3.13. The number of anilines is 1. The number of esters is 1. The van der Waals surface area contributed by atoms with Crippen LogP contribution in [0.4, 0.5) is 23.4 Å². The molecule has 0 bridgehead atoms. The first-order chi connectivity index (χ1) is 16.6. The second-order valence-corrected chi connectivity index (χ2v) is 8.56. The van der Waals surface area contributed by atoms with Gasteiger partial charge in [-0.1, -0.05) is 65.1 Å². The van der Waals surface area contributed by atoms with Crippen LogP contribution in [0.5, 0.6) is 0 Å². The molecule has 35 heavy (non-hydrogen) atoms. The molecular formula is C26H24BF3NO4-. The Morgan fingerprint density at radius 1 is 0.886 bits per heavy atom. The van der Waals surface area contributed by atoms with Gasteiger partial charge >= 0.3 is 19.0 Å². The van der Waals surface area contributed by atoms with Crippen molar-refractivity contribution in [2.45, 2.75) is 26.7 Å². The molecule has 0 fully saturated rings. The molecule has 182 valence electrons. The fourth-order valence-corrected chi connectivity index (χ4v) is 5.06. The van der Waals surface area contributed by atoms with Gasteiger partial charge in [0.05, 0.1) is 12.7 Å². The van der Waals surface area contributed by atoms with Gasteiger partial charge in [0.2, 0.25) is 0 Å². The zero-order chi connectivity index (χ0) is 25.5. The fourth-order valence-electron chi connectivity index (χ4n) is 5.06. The highest BCUT2D eigenvalue weighted by atomic mass is 19.4. The van der Waals surface area contributed by atoms with Crippen molar-refractivity contribution in [3.05, 3.63) is 81.9 Å². The molecule has 3 aromatic carbocycles. The third-order valence-corrected chi connectivity index (χ3v) is 6.60. The Morgan fingerprint density at radius 2 is 1.43 bits per heavy atom. The number of hydrogen-bond acceptors (Lipinski definition) is 4. The van der Waals surface area contributed by atoms with E-state index in [0.29, 0.717) is 0 Å². The minimum atomic E-state index is -5.46. The van der Waals surface area contributed by atoms with Gasteiger partial charge in [0.25, 0.3) is 0 Å². The lowest BCUT2D eigenvalue weighted by Gasteiger charge is -2.27. The molecule has 9 heteroatoms. The molecule has 0 saturated heterocycles. The van der Waals surface area contributed by atoms with Crippen LogP contribution < -0.4 is 10.8 Å². The summed E-state index contributed by atoms with van der Waals surface area (Å²) in [4.78, 5) is 25.1. The molecule has 0 atom stereocenters. The summed E-state index contributed by atoms with van der Waals surface area (Å²) in [6.07, 6.45) is -0.904. The molecule has 0 aliphatic heterocycles. The lowest BCUT2D eigenvalue weighted by Crippen LogP contribution is -2.40. The summed E-state index contributed by atoms with van der Waals surface area (Å²) in [5.41, 5.74) is 2.67. The van der Waals surface area contributed by atoms with Crippen molar-refractivity contribution in [2.24, 2.45) is 0 Å². The van der Waals surface area contributed by atoms with Gasteiger partial charge in [0.15, 0.2) is 0 Å². The van der Waals surface area contributed by atoms with Crippen LogP contribution in [0.2, 0.25) is 0 Å². The minimum absolute atomic E-state index is 0.00371. The number of nitrogens with one attached hydrogen (secondary N) is 1. The normalized spacial score (nSPS) is 12.7. The van der Waals surface area contributed by atoms with Crippen molar-refractivity contribution in [3.8, 4) is 11.1 Å². The van der Waals surface area contributed by atoms with E-state index in [-0.39, 0.29) is 40.5 Å². The van der Waals surface area contributed by atoms with Crippen molar-refractivity contribution in [2.75, 3.05) is 19.0 Å². The SMILES string of the molecule is COC(=O)c1c(C)c(NC(=O)OCC2c3ccccc3-c3ccccc32)c(C)c([B-](F)(F)F)c1C. The summed E-state index contributed by atoms with van der Waals surface area (Å²) in [5.74, 6) is -1.11. The summed E-state index contributed by atoms with van der Waals surface area (Å²) in [6.45, 7) is -1.48. The highest BCUT2D eigenvalue weighted by molar-refractivity contribution is 6.74. The summed E-state index contributed by atoms with van der Waals surface area (Å²) in [5, 5.41) is 2.45. The van der Waals surface area contributed by atoms with Crippen LogP contribution in [-0.4, -0.2) is 32.8 Å². The van der Waals surface area contributed by atoms with E-state index in [0.717, 1.165) is 29.4 Å². The van der Waals surface area contributed by atoms with Crippen molar-refractivity contribution in [3.63, 3.8) is 0 Å². The van der Waals surface area contributed by atoms with Crippen LogP contribution in [0.25, 0.3) is 11.1 Å². The summed E-state index contributed by atoms with van der Waals surface area (Å²) >= 11 is 0. The molecule has 0 heterocycles. The molecule has 1 N–H and O–H groups in total. The van der Waals surface area contributed by atoms with Gasteiger partial charge in [-0.15, -0.1) is 0 Å². The number of rotatable bonds is 5. The highest BCUT2D eigenvalue weighted by Gasteiger charge is 2.35. The summed E-state index contributed by atoms with van der Waals surface area (Å²) in [6, 6.07) is 15.6. The minimum Gasteiger partial charge on any atom is -0.465 e. The molecule has 1 aliphatic rings. The largest absolute Gasteiger partial charge is 0.510 e. The lowest BCUT2D eigenvalue weighted by atomic mass is 9.71. The predicted molar refractivity (Wildman–Crippen MR) is 129 cm³/mol. The van der Waals surface area contributed by atoms with Crippen LogP contribution in [0.15, 0.2) is 48.5 Å². The Morgan fingerprint density at radius 3 is 1.94 bits per heavy atom. The van der Waals surface area contributed by atoms with Crippen LogP contribution in [-0.2, 0) is 9.47 Å². The molecule has 4 rings (SSSR count). The number of halogens is 3. The first-order valence-corrected chi connectivity index (χ1v) is 11.1. The summed E-state index contributed by atoms with van der Waals surface area (Å²) in [7, 11) is 1.10. The number of hydrogen-bond donors (Lipinski definition) is 1. The number of carbonyl (C=O) groups excluding carboxylic acids is 2. The van der Waals surface area contributed by atoms with Crippen molar-refractivity contribution in [1.82, 2.24) is 0 Å². The van der Waals surface area contributed by atoms with Gasteiger partial charge in [-0.25, -0.2) is 9.59 Å². The number of amides is 1. The smallest absolute Gasteiger partial charge is 0.465 e. The summed E-state index contributed by atoms with van der Waals surface area (Å²) < 4.78 is 51.9. The van der Waals surface area contributed by atoms with Crippen LogP contribution >= 0.6 is 0 Å². The van der Waals surface area contributed by atoms with Crippen LogP contribution in [0.3, 0.4) is 0 Å². The molecule has 5 nitrogen and oxygen atoms in total. The van der Waals surface area contributed by atoms with Crippen molar-refractivity contribution in [1.29, 1.82) is 0 Å². The Bertz CT molecular complexity index is 1290. The fraction of sp³-hybridized carbons (Fsp3) is 0.231. The Labute approximate surface area is 201 Å². The van der Waals surface area contributed by atoms with Crippen molar-refractivity contribution >= 4 is 30.2 Å². The molecular weight excluding hydrogens is 458 g/mol. The monoisotopic (exact) mass is 482 g/mol. The van der Waals surface area contributed by atoms with E-state index in [9.17, 15) is 22.5 Å². The van der Waals surface area contributed by atoms with Gasteiger partial charge in [0.1, 0.15) is 6.61 Å². The van der Waals surface area contributed by atoms with E-state index < -0.39 is 24.5 Å². The predicted octanol–water partition coefficient (Wildman–Crippen LogP) is 5.81. The standard InChI is InChI=1S/C26H24BF3NO4/c1-14-22(25(32)34-4)15(2)24(16(3)23(14)27(28,29)30)31-26(33)35-13-21-19-11-7-5-9-17(19)18-10-6-8-12-20(18)21/h5-12,21H,13H2,1-4H3,(H,31,33)/q-1.